The minimum atomic E-state index is -0.0675. The van der Waals surface area contributed by atoms with Gasteiger partial charge in [-0.05, 0) is 47.3 Å². The highest BCUT2D eigenvalue weighted by atomic mass is 79.9. The van der Waals surface area contributed by atoms with Gasteiger partial charge in [0.2, 0.25) is 0 Å². The first kappa shape index (κ1) is 12.5. The second kappa shape index (κ2) is 5.60. The van der Waals surface area contributed by atoms with Crippen LogP contribution in [0, 0.1) is 0 Å². The lowest BCUT2D eigenvalue weighted by molar-refractivity contribution is 0.0722. The third-order valence-corrected chi connectivity index (χ3v) is 3.49. The molecule has 92 valence electrons. The zero-order chi connectivity index (χ0) is 12.3. The molecule has 1 aliphatic carbocycles. The predicted molar refractivity (Wildman–Crippen MR) is 67.8 cm³/mol. The van der Waals surface area contributed by atoms with Crippen LogP contribution in [0.3, 0.4) is 0 Å². The van der Waals surface area contributed by atoms with Crippen molar-refractivity contribution >= 4 is 21.8 Å². The van der Waals surface area contributed by atoms with E-state index in [1.54, 1.807) is 25.4 Å². The van der Waals surface area contributed by atoms with Crippen LogP contribution in [0.2, 0.25) is 0 Å². The van der Waals surface area contributed by atoms with E-state index in [0.717, 1.165) is 19.3 Å². The molecule has 17 heavy (non-hydrogen) atoms. The van der Waals surface area contributed by atoms with Crippen molar-refractivity contribution in [2.24, 2.45) is 0 Å². The SMILES string of the molecule is COC1CCCC1NC(=O)c1ccnc(Br)c1. The molecule has 1 amide bonds. The summed E-state index contributed by atoms with van der Waals surface area (Å²) in [4.78, 5) is 16.0. The largest absolute Gasteiger partial charge is 0.379 e. The first-order valence-electron chi connectivity index (χ1n) is 5.66. The lowest BCUT2D eigenvalue weighted by atomic mass is 10.2. The van der Waals surface area contributed by atoms with Crippen LogP contribution < -0.4 is 5.32 Å². The van der Waals surface area contributed by atoms with Crippen LogP contribution >= 0.6 is 15.9 Å². The van der Waals surface area contributed by atoms with Crippen LogP contribution in [0.15, 0.2) is 22.9 Å². The molecule has 1 aliphatic rings. The summed E-state index contributed by atoms with van der Waals surface area (Å²) in [5, 5.41) is 3.01. The van der Waals surface area contributed by atoms with Crippen molar-refractivity contribution in [3.8, 4) is 0 Å². The molecule has 1 aromatic rings. The van der Waals surface area contributed by atoms with E-state index in [4.69, 9.17) is 4.74 Å². The molecule has 2 rings (SSSR count). The van der Waals surface area contributed by atoms with Gasteiger partial charge in [0.1, 0.15) is 4.60 Å². The van der Waals surface area contributed by atoms with E-state index in [1.807, 2.05) is 0 Å². The Morgan fingerprint density at radius 2 is 2.41 bits per heavy atom. The third-order valence-electron chi connectivity index (χ3n) is 3.06. The Bertz CT molecular complexity index is 411. The summed E-state index contributed by atoms with van der Waals surface area (Å²) in [5.41, 5.74) is 0.619. The number of nitrogens with zero attached hydrogens (tertiary/aromatic N) is 1. The van der Waals surface area contributed by atoms with Gasteiger partial charge in [-0.3, -0.25) is 4.79 Å². The van der Waals surface area contributed by atoms with Gasteiger partial charge >= 0.3 is 0 Å². The zero-order valence-electron chi connectivity index (χ0n) is 9.65. The van der Waals surface area contributed by atoms with Gasteiger partial charge < -0.3 is 10.1 Å². The van der Waals surface area contributed by atoms with Gasteiger partial charge in [0.15, 0.2) is 0 Å². The van der Waals surface area contributed by atoms with Gasteiger partial charge in [-0.2, -0.15) is 0 Å². The zero-order valence-corrected chi connectivity index (χ0v) is 11.2. The summed E-state index contributed by atoms with van der Waals surface area (Å²) >= 11 is 3.25. The molecule has 1 aromatic heterocycles. The summed E-state index contributed by atoms with van der Waals surface area (Å²) < 4.78 is 6.01. The van der Waals surface area contributed by atoms with E-state index < -0.39 is 0 Å². The number of hydrogen-bond donors (Lipinski definition) is 1. The molecule has 2 atom stereocenters. The third kappa shape index (κ3) is 3.04. The molecule has 1 saturated carbocycles. The molecular formula is C12H15BrN2O2. The van der Waals surface area contributed by atoms with Crippen LogP contribution in [0.1, 0.15) is 29.6 Å². The minimum Gasteiger partial charge on any atom is -0.379 e. The highest BCUT2D eigenvalue weighted by molar-refractivity contribution is 9.10. The summed E-state index contributed by atoms with van der Waals surface area (Å²) in [5.74, 6) is -0.0675. The van der Waals surface area contributed by atoms with Crippen LogP contribution in [-0.2, 0) is 4.74 Å². The van der Waals surface area contributed by atoms with E-state index in [9.17, 15) is 4.79 Å². The van der Waals surface area contributed by atoms with E-state index in [2.05, 4.69) is 26.2 Å². The van der Waals surface area contributed by atoms with E-state index in [1.165, 1.54) is 0 Å². The maximum atomic E-state index is 12.0. The van der Waals surface area contributed by atoms with Gasteiger partial charge in [0.25, 0.3) is 5.91 Å². The molecule has 0 bridgehead atoms. The van der Waals surface area contributed by atoms with Gasteiger partial charge in [-0.25, -0.2) is 4.98 Å². The summed E-state index contributed by atoms with van der Waals surface area (Å²) in [7, 11) is 1.69. The second-order valence-electron chi connectivity index (χ2n) is 4.15. The number of nitrogens with one attached hydrogen (secondary N) is 1. The Labute approximate surface area is 109 Å². The second-order valence-corrected chi connectivity index (χ2v) is 4.96. The molecule has 0 aromatic carbocycles. The maximum Gasteiger partial charge on any atom is 0.251 e. The highest BCUT2D eigenvalue weighted by Crippen LogP contribution is 2.22. The Hall–Kier alpha value is -0.940. The van der Waals surface area contributed by atoms with E-state index >= 15 is 0 Å². The monoisotopic (exact) mass is 298 g/mol. The van der Waals surface area contributed by atoms with Crippen molar-refractivity contribution in [1.82, 2.24) is 10.3 Å². The number of ether oxygens (including phenoxy) is 1. The topological polar surface area (TPSA) is 51.2 Å². The molecule has 0 spiro atoms. The normalized spacial score (nSPS) is 23.6. The lowest BCUT2D eigenvalue weighted by Crippen LogP contribution is -2.40. The maximum absolute atomic E-state index is 12.0. The molecular weight excluding hydrogens is 284 g/mol. The van der Waals surface area contributed by atoms with E-state index in [-0.39, 0.29) is 18.1 Å². The Kier molecular flexibility index (Phi) is 4.12. The molecule has 4 nitrogen and oxygen atoms in total. The van der Waals surface area contributed by atoms with Crippen LogP contribution in [0.5, 0.6) is 0 Å². The van der Waals surface area contributed by atoms with Crippen molar-refractivity contribution in [1.29, 1.82) is 0 Å². The van der Waals surface area contributed by atoms with Crippen molar-refractivity contribution in [2.45, 2.75) is 31.4 Å². The molecule has 1 N–H and O–H groups in total. The number of rotatable bonds is 3. The highest BCUT2D eigenvalue weighted by Gasteiger charge is 2.28. The van der Waals surface area contributed by atoms with Crippen molar-refractivity contribution in [3.63, 3.8) is 0 Å². The summed E-state index contributed by atoms with van der Waals surface area (Å²) in [6.07, 6.45) is 4.85. The van der Waals surface area contributed by atoms with Crippen LogP contribution in [0.4, 0.5) is 0 Å². The van der Waals surface area contributed by atoms with Gasteiger partial charge in [0.05, 0.1) is 12.1 Å². The number of amides is 1. The standard InChI is InChI=1S/C12H15BrN2O2/c1-17-10-4-2-3-9(10)15-12(16)8-5-6-14-11(13)7-8/h5-7,9-10H,2-4H2,1H3,(H,15,16). The van der Waals surface area contributed by atoms with Gasteiger partial charge in [-0.15, -0.1) is 0 Å². The quantitative estimate of drug-likeness (QED) is 0.870. The average Bonchev–Trinajstić information content (AvgIpc) is 2.76. The summed E-state index contributed by atoms with van der Waals surface area (Å²) in [6, 6.07) is 3.54. The number of carbonyl (C=O) groups is 1. The van der Waals surface area contributed by atoms with Crippen LogP contribution in [-0.4, -0.2) is 30.1 Å². The summed E-state index contributed by atoms with van der Waals surface area (Å²) in [6.45, 7) is 0. The molecule has 1 heterocycles. The molecule has 0 radical (unpaired) electrons. The minimum absolute atomic E-state index is 0.0675. The van der Waals surface area contributed by atoms with Crippen LogP contribution in [0.25, 0.3) is 0 Å². The van der Waals surface area contributed by atoms with Crippen molar-refractivity contribution in [2.75, 3.05) is 7.11 Å². The Balaban J connectivity index is 2.01. The fourth-order valence-electron chi connectivity index (χ4n) is 2.17. The lowest BCUT2D eigenvalue weighted by Gasteiger charge is -2.19. The predicted octanol–water partition coefficient (Wildman–Crippen LogP) is 2.14. The number of methoxy groups -OCH3 is 1. The molecule has 0 saturated heterocycles. The molecule has 2 unspecified atom stereocenters. The number of halogens is 1. The van der Waals surface area contributed by atoms with Gasteiger partial charge in [0, 0.05) is 18.9 Å². The van der Waals surface area contributed by atoms with Crippen molar-refractivity contribution < 1.29 is 9.53 Å². The van der Waals surface area contributed by atoms with Gasteiger partial charge in [-0.1, -0.05) is 0 Å². The fraction of sp³-hybridized carbons (Fsp3) is 0.500. The molecule has 0 aliphatic heterocycles. The smallest absolute Gasteiger partial charge is 0.251 e. The number of hydrogen-bond acceptors (Lipinski definition) is 3. The fourth-order valence-corrected chi connectivity index (χ4v) is 2.53. The number of aromatic nitrogens is 1. The Morgan fingerprint density at radius 1 is 1.59 bits per heavy atom. The number of carbonyl (C=O) groups excluding carboxylic acids is 1. The molecule has 1 fully saturated rings. The van der Waals surface area contributed by atoms with Crippen molar-refractivity contribution in [3.05, 3.63) is 28.5 Å². The first-order valence-corrected chi connectivity index (χ1v) is 6.45. The first-order chi connectivity index (χ1) is 8.20. The average molecular weight is 299 g/mol. The number of pyridine rings is 1. The Morgan fingerprint density at radius 3 is 3.12 bits per heavy atom. The van der Waals surface area contributed by atoms with E-state index in [0.29, 0.717) is 10.2 Å². The molecule has 5 heteroatoms.